The normalized spacial score (nSPS) is 40.0. The Morgan fingerprint density at radius 3 is 2.50 bits per heavy atom. The zero-order valence-electron chi connectivity index (χ0n) is 11.0. The predicted octanol–water partition coefficient (Wildman–Crippen LogP) is 3.54. The second-order valence-corrected chi connectivity index (χ2v) is 6.34. The Balaban J connectivity index is 2.07. The van der Waals surface area contributed by atoms with Crippen molar-refractivity contribution in [2.75, 3.05) is 0 Å². The van der Waals surface area contributed by atoms with Gasteiger partial charge >= 0.3 is 5.97 Å². The van der Waals surface area contributed by atoms with Crippen LogP contribution in [-0.4, -0.2) is 12.1 Å². The SMILES string of the molecule is CCCC(=O)O[C@H]1C[C@@H]2CC[C@@]1(C)C2(C)C. The summed E-state index contributed by atoms with van der Waals surface area (Å²) in [4.78, 5) is 11.6. The van der Waals surface area contributed by atoms with Gasteiger partial charge in [0.2, 0.25) is 0 Å². The molecule has 0 heterocycles. The van der Waals surface area contributed by atoms with Crippen LogP contribution in [0.2, 0.25) is 0 Å². The zero-order chi connectivity index (χ0) is 12.0. The van der Waals surface area contributed by atoms with Crippen LogP contribution in [0.25, 0.3) is 0 Å². The molecule has 2 aliphatic rings. The molecule has 0 aromatic carbocycles. The van der Waals surface area contributed by atoms with Gasteiger partial charge < -0.3 is 4.74 Å². The third-order valence-corrected chi connectivity index (χ3v) is 5.44. The van der Waals surface area contributed by atoms with Gasteiger partial charge in [-0.2, -0.15) is 0 Å². The predicted molar refractivity (Wildman–Crippen MR) is 64.0 cm³/mol. The van der Waals surface area contributed by atoms with E-state index < -0.39 is 0 Å². The van der Waals surface area contributed by atoms with E-state index in [4.69, 9.17) is 4.74 Å². The van der Waals surface area contributed by atoms with Crippen LogP contribution in [-0.2, 0) is 9.53 Å². The summed E-state index contributed by atoms with van der Waals surface area (Å²) < 4.78 is 5.69. The molecule has 0 aromatic heterocycles. The van der Waals surface area contributed by atoms with Crippen LogP contribution in [0, 0.1) is 16.7 Å². The molecule has 2 rings (SSSR count). The Labute approximate surface area is 98.7 Å². The lowest BCUT2D eigenvalue weighted by Gasteiger charge is -2.38. The van der Waals surface area contributed by atoms with E-state index in [2.05, 4.69) is 20.8 Å². The summed E-state index contributed by atoms with van der Waals surface area (Å²) in [6, 6.07) is 0. The number of carbonyl (C=O) groups excluding carboxylic acids is 1. The monoisotopic (exact) mass is 224 g/mol. The average molecular weight is 224 g/mol. The lowest BCUT2D eigenvalue weighted by Crippen LogP contribution is -2.38. The first-order valence-electron chi connectivity index (χ1n) is 6.61. The Hall–Kier alpha value is -0.530. The van der Waals surface area contributed by atoms with Gasteiger partial charge in [0.15, 0.2) is 0 Å². The molecule has 3 atom stereocenters. The van der Waals surface area contributed by atoms with Crippen molar-refractivity contribution in [1.82, 2.24) is 0 Å². The van der Waals surface area contributed by atoms with Crippen LogP contribution >= 0.6 is 0 Å². The third-order valence-electron chi connectivity index (χ3n) is 5.44. The first-order chi connectivity index (χ1) is 7.41. The molecular formula is C14H24O2. The third kappa shape index (κ3) is 1.49. The first-order valence-corrected chi connectivity index (χ1v) is 6.61. The van der Waals surface area contributed by atoms with Crippen LogP contribution in [0.5, 0.6) is 0 Å². The highest BCUT2D eigenvalue weighted by Crippen LogP contribution is 2.66. The summed E-state index contributed by atoms with van der Waals surface area (Å²) in [5.74, 6) is 0.744. The molecular weight excluding hydrogens is 200 g/mol. The zero-order valence-corrected chi connectivity index (χ0v) is 11.0. The van der Waals surface area contributed by atoms with Crippen molar-refractivity contribution in [3.05, 3.63) is 0 Å². The van der Waals surface area contributed by atoms with E-state index >= 15 is 0 Å². The molecule has 0 amide bonds. The highest BCUT2D eigenvalue weighted by Gasteiger charge is 2.62. The number of fused-ring (bicyclic) bond motifs is 2. The van der Waals surface area contributed by atoms with E-state index in [1.807, 2.05) is 6.92 Å². The summed E-state index contributed by atoms with van der Waals surface area (Å²) in [5.41, 5.74) is 0.547. The molecule has 0 saturated heterocycles. The summed E-state index contributed by atoms with van der Waals surface area (Å²) >= 11 is 0. The lowest BCUT2D eigenvalue weighted by atomic mass is 9.70. The molecule has 0 N–H and O–H groups in total. The highest BCUT2D eigenvalue weighted by atomic mass is 16.5. The number of hydrogen-bond donors (Lipinski definition) is 0. The van der Waals surface area contributed by atoms with Gasteiger partial charge in [0.25, 0.3) is 0 Å². The van der Waals surface area contributed by atoms with Crippen molar-refractivity contribution < 1.29 is 9.53 Å². The Morgan fingerprint density at radius 2 is 2.06 bits per heavy atom. The minimum absolute atomic E-state index is 0.00271. The van der Waals surface area contributed by atoms with Gasteiger partial charge in [-0.1, -0.05) is 27.7 Å². The van der Waals surface area contributed by atoms with Crippen molar-refractivity contribution in [3.63, 3.8) is 0 Å². The Morgan fingerprint density at radius 1 is 1.38 bits per heavy atom. The van der Waals surface area contributed by atoms with Crippen molar-refractivity contribution in [3.8, 4) is 0 Å². The molecule has 2 heteroatoms. The minimum atomic E-state index is -0.00271. The second-order valence-electron chi connectivity index (χ2n) is 6.34. The fourth-order valence-corrected chi connectivity index (χ4v) is 3.73. The maximum Gasteiger partial charge on any atom is 0.306 e. The first kappa shape index (κ1) is 11.9. The van der Waals surface area contributed by atoms with Crippen molar-refractivity contribution in [1.29, 1.82) is 0 Å². The van der Waals surface area contributed by atoms with E-state index in [9.17, 15) is 4.79 Å². The molecule has 2 nitrogen and oxygen atoms in total. The smallest absolute Gasteiger partial charge is 0.306 e. The second kappa shape index (κ2) is 3.75. The van der Waals surface area contributed by atoms with Crippen molar-refractivity contribution in [2.24, 2.45) is 16.7 Å². The molecule has 0 aliphatic heterocycles. The van der Waals surface area contributed by atoms with Crippen molar-refractivity contribution >= 4 is 5.97 Å². The molecule has 16 heavy (non-hydrogen) atoms. The maximum atomic E-state index is 11.6. The topological polar surface area (TPSA) is 26.3 Å². The number of rotatable bonds is 3. The standard InChI is InChI=1S/C14H24O2/c1-5-6-12(15)16-11-9-10-7-8-14(11,4)13(10,2)3/h10-11H,5-9H2,1-4H3/t10-,11-,14+/m0/s1. The summed E-state index contributed by atoms with van der Waals surface area (Å²) in [5, 5.41) is 0. The molecule has 0 unspecified atom stereocenters. The molecule has 2 fully saturated rings. The average Bonchev–Trinajstić information content (AvgIpc) is 2.51. The molecule has 92 valence electrons. The number of ether oxygens (including phenoxy) is 1. The lowest BCUT2D eigenvalue weighted by molar-refractivity contribution is -0.156. The van der Waals surface area contributed by atoms with Gasteiger partial charge in [-0.05, 0) is 37.0 Å². The quantitative estimate of drug-likeness (QED) is 0.685. The molecule has 0 spiro atoms. The summed E-state index contributed by atoms with van der Waals surface area (Å²) in [6.45, 7) is 9.02. The Bertz CT molecular complexity index is 295. The minimum Gasteiger partial charge on any atom is -0.462 e. The Kier molecular flexibility index (Phi) is 2.80. The molecule has 2 aliphatic carbocycles. The fraction of sp³-hybridized carbons (Fsp3) is 0.929. The van der Waals surface area contributed by atoms with Gasteiger partial charge in [0, 0.05) is 11.8 Å². The van der Waals surface area contributed by atoms with Crippen LogP contribution < -0.4 is 0 Å². The van der Waals surface area contributed by atoms with Crippen LogP contribution in [0.1, 0.15) is 59.8 Å². The molecule has 2 bridgehead atoms. The summed E-state index contributed by atoms with van der Waals surface area (Å²) in [7, 11) is 0. The number of esters is 1. The summed E-state index contributed by atoms with van der Waals surface area (Å²) in [6.07, 6.45) is 5.23. The maximum absolute atomic E-state index is 11.6. The number of hydrogen-bond acceptors (Lipinski definition) is 2. The van der Waals surface area contributed by atoms with Gasteiger partial charge in [-0.15, -0.1) is 0 Å². The molecule has 2 saturated carbocycles. The van der Waals surface area contributed by atoms with Crippen LogP contribution in [0.4, 0.5) is 0 Å². The van der Waals surface area contributed by atoms with E-state index in [0.29, 0.717) is 11.8 Å². The van der Waals surface area contributed by atoms with Crippen molar-refractivity contribution in [2.45, 2.75) is 65.9 Å². The van der Waals surface area contributed by atoms with E-state index in [-0.39, 0.29) is 17.5 Å². The highest BCUT2D eigenvalue weighted by molar-refractivity contribution is 5.69. The van der Waals surface area contributed by atoms with Crippen LogP contribution in [0.15, 0.2) is 0 Å². The largest absolute Gasteiger partial charge is 0.462 e. The number of carbonyl (C=O) groups is 1. The van der Waals surface area contributed by atoms with Crippen LogP contribution in [0.3, 0.4) is 0 Å². The molecule has 0 aromatic rings. The van der Waals surface area contributed by atoms with Gasteiger partial charge in [-0.25, -0.2) is 0 Å². The van der Waals surface area contributed by atoms with E-state index in [1.165, 1.54) is 12.8 Å². The molecule has 0 radical (unpaired) electrons. The van der Waals surface area contributed by atoms with Gasteiger partial charge in [0.05, 0.1) is 0 Å². The van der Waals surface area contributed by atoms with Gasteiger partial charge in [0.1, 0.15) is 6.10 Å². The van der Waals surface area contributed by atoms with Gasteiger partial charge in [-0.3, -0.25) is 4.79 Å². The van der Waals surface area contributed by atoms with E-state index in [0.717, 1.165) is 18.8 Å². The fourth-order valence-electron chi connectivity index (χ4n) is 3.73. The van der Waals surface area contributed by atoms with E-state index in [1.54, 1.807) is 0 Å².